The molecule has 0 saturated heterocycles. The Bertz CT molecular complexity index is 2880. The highest BCUT2D eigenvalue weighted by molar-refractivity contribution is 6.16. The molecule has 0 fully saturated rings. The lowest BCUT2D eigenvalue weighted by molar-refractivity contribution is 0.746. The van der Waals surface area contributed by atoms with Gasteiger partial charge in [-0.15, -0.1) is 0 Å². The Balaban J connectivity index is 1.12. The number of hydrogen-bond acceptors (Lipinski definition) is 3. The first-order valence-corrected chi connectivity index (χ1v) is 18.6. The van der Waals surface area contributed by atoms with Crippen LogP contribution in [-0.4, -0.2) is 20.6 Å². The zero-order valence-corrected chi connectivity index (χ0v) is 29.4. The average molecular weight is 691 g/mol. The van der Waals surface area contributed by atoms with Crippen LogP contribution in [-0.2, 0) is 0 Å². The van der Waals surface area contributed by atoms with E-state index in [1.807, 2.05) is 12.1 Å². The molecule has 0 radical (unpaired) electrons. The molecule has 54 heavy (non-hydrogen) atoms. The van der Waals surface area contributed by atoms with Crippen molar-refractivity contribution in [2.45, 2.75) is 12.0 Å². The number of hydrogen-bond donors (Lipinski definition) is 0. The van der Waals surface area contributed by atoms with Gasteiger partial charge >= 0.3 is 0 Å². The lowest BCUT2D eigenvalue weighted by Crippen LogP contribution is -2.28. The molecule has 11 rings (SSSR count). The van der Waals surface area contributed by atoms with Crippen molar-refractivity contribution in [2.24, 2.45) is 0 Å². The minimum Gasteiger partial charge on any atom is -0.331 e. The molecule has 0 saturated carbocycles. The monoisotopic (exact) mass is 690 g/mol. The van der Waals surface area contributed by atoms with E-state index in [-0.39, 0.29) is 12.0 Å². The van der Waals surface area contributed by atoms with Gasteiger partial charge in [0.2, 0.25) is 0 Å². The molecule has 4 nitrogen and oxygen atoms in total. The van der Waals surface area contributed by atoms with Gasteiger partial charge in [-0.1, -0.05) is 152 Å². The van der Waals surface area contributed by atoms with E-state index in [4.69, 9.17) is 9.97 Å². The van der Waals surface area contributed by atoms with Crippen molar-refractivity contribution in [3.63, 3.8) is 0 Å². The zero-order chi connectivity index (χ0) is 35.6. The summed E-state index contributed by atoms with van der Waals surface area (Å²) in [7, 11) is 0. The number of fused-ring (bicyclic) bond motifs is 8. The van der Waals surface area contributed by atoms with Crippen LogP contribution in [0.3, 0.4) is 0 Å². The molecule has 9 aromatic rings. The number of nitrogens with zero attached hydrogens (tertiary/aromatic N) is 4. The van der Waals surface area contributed by atoms with Crippen LogP contribution >= 0.6 is 0 Å². The number of para-hydroxylation sites is 1. The van der Waals surface area contributed by atoms with Gasteiger partial charge in [-0.05, 0) is 53.4 Å². The summed E-state index contributed by atoms with van der Waals surface area (Å²) in [6.07, 6.45) is 9.14. The summed E-state index contributed by atoms with van der Waals surface area (Å²) in [5.41, 5.74) is 12.2. The molecular weight excluding hydrogens is 657 g/mol. The van der Waals surface area contributed by atoms with Gasteiger partial charge in [0.1, 0.15) is 0 Å². The lowest BCUT2D eigenvalue weighted by Gasteiger charge is -2.30. The van der Waals surface area contributed by atoms with E-state index in [0.29, 0.717) is 5.82 Å². The van der Waals surface area contributed by atoms with Gasteiger partial charge in [-0.25, -0.2) is 9.97 Å². The lowest BCUT2D eigenvalue weighted by atomic mass is 9.91. The van der Waals surface area contributed by atoms with Crippen molar-refractivity contribution in [3.8, 4) is 39.6 Å². The Morgan fingerprint density at radius 2 is 1.13 bits per heavy atom. The minimum atomic E-state index is 0.170. The summed E-state index contributed by atoms with van der Waals surface area (Å²) in [6, 6.07) is 60.7. The first kappa shape index (κ1) is 30.6. The fourth-order valence-corrected chi connectivity index (χ4v) is 8.67. The summed E-state index contributed by atoms with van der Waals surface area (Å²) >= 11 is 0. The second-order valence-corrected chi connectivity index (χ2v) is 14.1. The summed E-state index contributed by atoms with van der Waals surface area (Å²) < 4.78 is 2.47. The molecule has 0 bridgehead atoms. The molecule has 254 valence electrons. The fraction of sp³-hybridized carbons (Fsp3) is 0.0400. The molecule has 7 aromatic carbocycles. The van der Waals surface area contributed by atoms with Crippen LogP contribution in [0.25, 0.3) is 72.2 Å². The quantitative estimate of drug-likeness (QED) is 0.180. The molecule has 0 N–H and O–H groups in total. The molecular formula is C50H34N4. The second-order valence-electron chi connectivity index (χ2n) is 14.1. The molecule has 1 aliphatic carbocycles. The van der Waals surface area contributed by atoms with Gasteiger partial charge in [-0.3, -0.25) is 0 Å². The smallest absolute Gasteiger partial charge is 0.160 e. The van der Waals surface area contributed by atoms with Crippen LogP contribution < -0.4 is 4.90 Å². The van der Waals surface area contributed by atoms with E-state index >= 15 is 0 Å². The molecule has 1 aliphatic heterocycles. The van der Waals surface area contributed by atoms with Crippen molar-refractivity contribution in [1.29, 1.82) is 0 Å². The summed E-state index contributed by atoms with van der Waals surface area (Å²) in [5, 5.41) is 4.99. The highest BCUT2D eigenvalue weighted by Crippen LogP contribution is 2.53. The van der Waals surface area contributed by atoms with Gasteiger partial charge in [0, 0.05) is 50.1 Å². The Hall–Kier alpha value is -7.04. The number of rotatable bonds is 5. The van der Waals surface area contributed by atoms with Gasteiger partial charge in [-0.2, -0.15) is 0 Å². The van der Waals surface area contributed by atoms with Gasteiger partial charge < -0.3 is 9.47 Å². The minimum absolute atomic E-state index is 0.170. The van der Waals surface area contributed by atoms with E-state index in [0.717, 1.165) is 33.8 Å². The Morgan fingerprint density at radius 1 is 0.481 bits per heavy atom. The maximum atomic E-state index is 5.11. The predicted molar refractivity (Wildman–Crippen MR) is 224 cm³/mol. The van der Waals surface area contributed by atoms with Crippen molar-refractivity contribution in [3.05, 3.63) is 200 Å². The summed E-state index contributed by atoms with van der Waals surface area (Å²) in [5.74, 6) is 0.949. The van der Waals surface area contributed by atoms with Crippen molar-refractivity contribution in [2.75, 3.05) is 4.90 Å². The topological polar surface area (TPSA) is 34.0 Å². The number of allylic oxidation sites excluding steroid dienone is 2. The standard InChI is InChI=1S/C50H34N4/c1-3-15-34(16-4-1)43-32-44(35-17-5-2-6-18-35)52-50(51-43)36-26-28-37(29-27-36)53-46-23-11-9-21-39(46)41-30-31-42-40-22-10-12-24-47(40)54(49(42)48(41)53)45-25-13-19-33-14-7-8-20-38(33)45/h1-32,40,47H. The highest BCUT2D eigenvalue weighted by atomic mass is 15.2. The van der Waals surface area contributed by atoms with Crippen molar-refractivity contribution >= 4 is 44.0 Å². The maximum absolute atomic E-state index is 5.11. The first-order chi connectivity index (χ1) is 26.8. The summed E-state index contributed by atoms with van der Waals surface area (Å²) in [4.78, 5) is 12.8. The first-order valence-electron chi connectivity index (χ1n) is 18.6. The highest BCUT2D eigenvalue weighted by Gasteiger charge is 2.40. The third kappa shape index (κ3) is 4.77. The molecule has 2 aromatic heterocycles. The fourth-order valence-electron chi connectivity index (χ4n) is 8.67. The molecule has 4 heteroatoms. The molecule has 3 heterocycles. The number of aromatic nitrogens is 3. The van der Waals surface area contributed by atoms with Crippen LogP contribution in [0.5, 0.6) is 0 Å². The van der Waals surface area contributed by atoms with Crippen LogP contribution in [0.1, 0.15) is 11.5 Å². The Kier molecular flexibility index (Phi) is 6.96. The Labute approximate surface area is 313 Å². The normalized spacial score (nSPS) is 16.0. The molecule has 2 aliphatic rings. The van der Waals surface area contributed by atoms with Crippen molar-refractivity contribution < 1.29 is 0 Å². The molecule has 2 atom stereocenters. The van der Waals surface area contributed by atoms with Crippen LogP contribution in [0.15, 0.2) is 194 Å². The van der Waals surface area contributed by atoms with E-state index in [2.05, 4.69) is 191 Å². The largest absolute Gasteiger partial charge is 0.331 e. The average Bonchev–Trinajstić information content (AvgIpc) is 3.77. The summed E-state index contributed by atoms with van der Waals surface area (Å²) in [6.45, 7) is 0. The SMILES string of the molecule is C1=CC2c3ccc4c5ccccc5n(-c5ccc(-c6nc(-c7ccccc7)cc(-c7ccccc7)n6)cc5)c4c3N(c3cccc4ccccc34)C2C=C1. The maximum Gasteiger partial charge on any atom is 0.160 e. The third-order valence-corrected chi connectivity index (χ3v) is 11.1. The second kappa shape index (κ2) is 12.3. The molecule has 2 unspecified atom stereocenters. The number of benzene rings is 7. The third-order valence-electron chi connectivity index (χ3n) is 11.1. The van der Waals surface area contributed by atoms with Gasteiger partial charge in [0.05, 0.1) is 34.2 Å². The van der Waals surface area contributed by atoms with Crippen LogP contribution in [0.4, 0.5) is 11.4 Å². The van der Waals surface area contributed by atoms with Crippen LogP contribution in [0.2, 0.25) is 0 Å². The van der Waals surface area contributed by atoms with E-state index in [1.54, 1.807) is 0 Å². The van der Waals surface area contributed by atoms with E-state index in [9.17, 15) is 0 Å². The van der Waals surface area contributed by atoms with Gasteiger partial charge in [0.25, 0.3) is 0 Å². The molecule has 0 amide bonds. The van der Waals surface area contributed by atoms with Crippen molar-refractivity contribution in [1.82, 2.24) is 14.5 Å². The van der Waals surface area contributed by atoms with E-state index < -0.39 is 0 Å². The van der Waals surface area contributed by atoms with Gasteiger partial charge in [0.15, 0.2) is 5.82 Å². The zero-order valence-electron chi connectivity index (χ0n) is 29.4. The van der Waals surface area contributed by atoms with Crippen LogP contribution in [0, 0.1) is 0 Å². The van der Waals surface area contributed by atoms with E-state index in [1.165, 1.54) is 49.5 Å². The Morgan fingerprint density at radius 3 is 1.89 bits per heavy atom. The molecule has 0 spiro atoms. The predicted octanol–water partition coefficient (Wildman–Crippen LogP) is 12.5. The number of anilines is 2.